The molecule has 92 valence electrons. The summed E-state index contributed by atoms with van der Waals surface area (Å²) >= 11 is 0. The second-order valence-corrected chi connectivity index (χ2v) is 5.78. The van der Waals surface area contributed by atoms with Crippen LogP contribution in [-0.2, 0) is 0 Å². The van der Waals surface area contributed by atoms with Crippen molar-refractivity contribution in [1.29, 1.82) is 0 Å². The highest BCUT2D eigenvalue weighted by Gasteiger charge is 2.53. The van der Waals surface area contributed by atoms with Gasteiger partial charge in [-0.05, 0) is 49.6 Å². The molecule has 0 saturated heterocycles. The molecule has 4 nitrogen and oxygen atoms in total. The van der Waals surface area contributed by atoms with Crippen LogP contribution in [0.5, 0.6) is 0 Å². The van der Waals surface area contributed by atoms with Crippen LogP contribution in [0.3, 0.4) is 0 Å². The molecule has 0 heterocycles. The van der Waals surface area contributed by atoms with Crippen LogP contribution in [0.25, 0.3) is 0 Å². The zero-order chi connectivity index (χ0) is 12.0. The fourth-order valence-corrected chi connectivity index (χ4v) is 4.06. The number of nitrogens with two attached hydrogens (primary N) is 4. The lowest BCUT2D eigenvalue weighted by atomic mass is 9.62. The largest absolute Gasteiger partial charge is 0.405 e. The highest BCUT2D eigenvalue weighted by molar-refractivity contribution is 5.18. The molecule has 2 aliphatic rings. The molecule has 4 heteroatoms. The van der Waals surface area contributed by atoms with Gasteiger partial charge in [0.15, 0.2) is 0 Å². The van der Waals surface area contributed by atoms with Gasteiger partial charge in [-0.15, -0.1) is 0 Å². The average Bonchev–Trinajstić information content (AvgIpc) is 2.53. The molecule has 2 fully saturated rings. The van der Waals surface area contributed by atoms with E-state index in [1.54, 1.807) is 6.20 Å². The van der Waals surface area contributed by atoms with Crippen LogP contribution in [0.1, 0.15) is 39.0 Å². The monoisotopic (exact) mass is 224 g/mol. The normalized spacial score (nSPS) is 42.4. The summed E-state index contributed by atoms with van der Waals surface area (Å²) in [7, 11) is 0. The minimum atomic E-state index is -1.06. The van der Waals surface area contributed by atoms with Crippen molar-refractivity contribution in [2.45, 2.75) is 44.8 Å². The van der Waals surface area contributed by atoms with Gasteiger partial charge in [-0.1, -0.05) is 12.5 Å². The van der Waals surface area contributed by atoms with Crippen molar-refractivity contribution in [3.8, 4) is 0 Å². The summed E-state index contributed by atoms with van der Waals surface area (Å²) in [6.45, 7) is 2.28. The fraction of sp³-hybridized carbons (Fsp3) is 0.833. The lowest BCUT2D eigenvalue weighted by Crippen LogP contribution is -2.66. The third-order valence-electron chi connectivity index (χ3n) is 4.78. The number of allylic oxidation sites excluding steroid dienone is 1. The van der Waals surface area contributed by atoms with Crippen molar-refractivity contribution >= 4 is 0 Å². The Morgan fingerprint density at radius 1 is 1.31 bits per heavy atom. The molecule has 0 amide bonds. The Labute approximate surface area is 97.4 Å². The Morgan fingerprint density at radius 2 is 2.00 bits per heavy atom. The van der Waals surface area contributed by atoms with Crippen LogP contribution in [-0.4, -0.2) is 5.79 Å². The maximum atomic E-state index is 5.92. The summed E-state index contributed by atoms with van der Waals surface area (Å²) in [5.41, 5.74) is 25.0. The van der Waals surface area contributed by atoms with Crippen LogP contribution < -0.4 is 22.9 Å². The first-order valence-electron chi connectivity index (χ1n) is 6.17. The molecule has 3 atom stereocenters. The van der Waals surface area contributed by atoms with Crippen molar-refractivity contribution in [3.63, 3.8) is 0 Å². The van der Waals surface area contributed by atoms with Crippen molar-refractivity contribution in [2.75, 3.05) is 0 Å². The van der Waals surface area contributed by atoms with Crippen LogP contribution in [0.2, 0.25) is 0 Å². The molecule has 2 rings (SSSR count). The number of hydrogen-bond acceptors (Lipinski definition) is 4. The summed E-state index contributed by atoms with van der Waals surface area (Å²) in [6.07, 6.45) is 7.38. The molecule has 8 N–H and O–H groups in total. The first kappa shape index (κ1) is 11.9. The second-order valence-electron chi connectivity index (χ2n) is 5.78. The summed E-state index contributed by atoms with van der Waals surface area (Å²) in [5, 5.41) is 0. The number of rotatable bonds is 1. The van der Waals surface area contributed by atoms with Gasteiger partial charge >= 0.3 is 0 Å². The van der Waals surface area contributed by atoms with E-state index in [0.29, 0.717) is 5.92 Å². The van der Waals surface area contributed by atoms with Gasteiger partial charge in [-0.2, -0.15) is 0 Å². The lowest BCUT2D eigenvalue weighted by Gasteiger charge is -2.46. The maximum absolute atomic E-state index is 5.92. The Kier molecular flexibility index (Phi) is 2.77. The Balaban J connectivity index is 2.31. The summed E-state index contributed by atoms with van der Waals surface area (Å²) in [5.74, 6) is -0.327. The van der Waals surface area contributed by atoms with Gasteiger partial charge in [0, 0.05) is 5.92 Å². The van der Waals surface area contributed by atoms with Crippen LogP contribution in [0.15, 0.2) is 11.8 Å². The zero-order valence-electron chi connectivity index (χ0n) is 10.1. The highest BCUT2D eigenvalue weighted by atomic mass is 15.1. The molecule has 16 heavy (non-hydrogen) atoms. The van der Waals surface area contributed by atoms with E-state index in [-0.39, 0.29) is 11.3 Å². The van der Waals surface area contributed by atoms with Crippen molar-refractivity contribution < 1.29 is 0 Å². The van der Waals surface area contributed by atoms with Crippen LogP contribution in [0.4, 0.5) is 0 Å². The van der Waals surface area contributed by atoms with Crippen molar-refractivity contribution in [3.05, 3.63) is 11.8 Å². The van der Waals surface area contributed by atoms with Gasteiger partial charge in [0.2, 0.25) is 0 Å². The SMILES string of the molecule is CC12CCC/C(=C\N)C1CCC2C(N)(N)N. The minimum Gasteiger partial charge on any atom is -0.405 e. The molecule has 3 unspecified atom stereocenters. The smallest absolute Gasteiger partial charge is 0.119 e. The van der Waals surface area contributed by atoms with E-state index >= 15 is 0 Å². The van der Waals surface area contributed by atoms with Gasteiger partial charge in [0.25, 0.3) is 0 Å². The summed E-state index contributed by atoms with van der Waals surface area (Å²) < 4.78 is 0. The molecule has 0 aliphatic heterocycles. The van der Waals surface area contributed by atoms with Gasteiger partial charge in [0.05, 0.1) is 0 Å². The third kappa shape index (κ3) is 1.65. The second kappa shape index (κ2) is 3.72. The van der Waals surface area contributed by atoms with E-state index in [2.05, 4.69) is 6.92 Å². The Bertz CT molecular complexity index is 305. The molecule has 0 aromatic carbocycles. The third-order valence-corrected chi connectivity index (χ3v) is 4.78. The molecule has 0 spiro atoms. The quantitative estimate of drug-likeness (QED) is 0.489. The summed E-state index contributed by atoms with van der Waals surface area (Å²) in [4.78, 5) is 0. The van der Waals surface area contributed by atoms with Crippen LogP contribution >= 0.6 is 0 Å². The molecule has 0 bridgehead atoms. The molecule has 0 radical (unpaired) electrons. The molecule has 0 aromatic heterocycles. The van der Waals surface area contributed by atoms with E-state index in [4.69, 9.17) is 22.9 Å². The molecule has 2 saturated carbocycles. The van der Waals surface area contributed by atoms with Gasteiger partial charge in [0.1, 0.15) is 5.79 Å². The Morgan fingerprint density at radius 3 is 2.56 bits per heavy atom. The van der Waals surface area contributed by atoms with E-state index in [1.165, 1.54) is 12.0 Å². The highest BCUT2D eigenvalue weighted by Crippen LogP contribution is 2.58. The van der Waals surface area contributed by atoms with Gasteiger partial charge in [-0.3, -0.25) is 0 Å². The van der Waals surface area contributed by atoms with Crippen molar-refractivity contribution in [2.24, 2.45) is 40.2 Å². The molecular weight excluding hydrogens is 200 g/mol. The van der Waals surface area contributed by atoms with Gasteiger partial charge < -0.3 is 22.9 Å². The standard InChI is InChI=1S/C12H24N4/c1-11-6-2-3-8(7-13)9(11)4-5-10(11)12(14,15)16/h7,9-10H,2-6,13-16H2,1H3/b8-7+. The number of hydrogen-bond donors (Lipinski definition) is 4. The van der Waals surface area contributed by atoms with Gasteiger partial charge in [-0.25, -0.2) is 0 Å². The van der Waals surface area contributed by atoms with E-state index < -0.39 is 5.79 Å². The molecular formula is C12H24N4. The Hall–Kier alpha value is -0.580. The molecule has 0 aromatic rings. The van der Waals surface area contributed by atoms with E-state index in [0.717, 1.165) is 25.7 Å². The van der Waals surface area contributed by atoms with Crippen molar-refractivity contribution in [1.82, 2.24) is 0 Å². The average molecular weight is 224 g/mol. The first-order valence-corrected chi connectivity index (χ1v) is 6.17. The topological polar surface area (TPSA) is 104 Å². The zero-order valence-corrected chi connectivity index (χ0v) is 10.1. The maximum Gasteiger partial charge on any atom is 0.119 e. The number of fused-ring (bicyclic) bond motifs is 1. The van der Waals surface area contributed by atoms with E-state index in [1.807, 2.05) is 0 Å². The van der Waals surface area contributed by atoms with E-state index in [9.17, 15) is 0 Å². The fourth-order valence-electron chi connectivity index (χ4n) is 4.06. The predicted octanol–water partition coefficient (Wildman–Crippen LogP) is 0.575. The predicted molar refractivity (Wildman–Crippen MR) is 65.7 cm³/mol. The summed E-state index contributed by atoms with van der Waals surface area (Å²) in [6, 6.07) is 0. The first-order chi connectivity index (χ1) is 7.39. The van der Waals surface area contributed by atoms with Crippen LogP contribution in [0, 0.1) is 17.3 Å². The minimum absolute atomic E-state index is 0.141. The lowest BCUT2D eigenvalue weighted by molar-refractivity contribution is 0.0786. The molecule has 2 aliphatic carbocycles.